The predicted molar refractivity (Wildman–Crippen MR) is 265 cm³/mol. The highest BCUT2D eigenvalue weighted by atomic mass is 16.6. The smallest absolute Gasteiger partial charge is 0.317 e. The highest BCUT2D eigenvalue weighted by Gasteiger charge is 2.71. The van der Waals surface area contributed by atoms with E-state index in [2.05, 4.69) is 41.5 Å². The van der Waals surface area contributed by atoms with Gasteiger partial charge < -0.3 is 28.4 Å². The summed E-state index contributed by atoms with van der Waals surface area (Å²) in [5.74, 6) is -0.552. The fraction of sp³-hybridized carbons (Fsp3) is 0.898. The van der Waals surface area contributed by atoms with Gasteiger partial charge in [-0.1, -0.05) is 66.2 Å². The Hall–Kier alpha value is -3.18. The van der Waals surface area contributed by atoms with Crippen LogP contribution in [0.5, 0.6) is 0 Å². The fourth-order valence-electron chi connectivity index (χ4n) is 19.3. The van der Waals surface area contributed by atoms with E-state index in [4.69, 9.17) is 28.4 Å². The van der Waals surface area contributed by atoms with Crippen LogP contribution in [-0.4, -0.2) is 74.5 Å². The SMILES string of the molecule is C[C@]12CC[C@H]3[C@@]4(CC[C@@H]5[C@]3(C)CCC[C@]5(C)C(=O)OCCCOC(=O)CC(=O)OCCCOC(=O)[C@]3(C)CCC[C@@]5(C)[C@@H]6CC[C@@]7(C)C[C@]6(CC[C@@H]53)C[C@H]7OC(=O)CCCCCCCCC(=O)O[C@H]1C4)C2. The van der Waals surface area contributed by atoms with Crippen molar-refractivity contribution in [3.63, 3.8) is 0 Å². The minimum atomic E-state index is -0.693. The largest absolute Gasteiger partial charge is 0.465 e. The highest BCUT2D eigenvalue weighted by Crippen LogP contribution is 2.76. The maximum Gasteiger partial charge on any atom is 0.317 e. The van der Waals surface area contributed by atoms with E-state index in [1.54, 1.807) is 0 Å². The third-order valence-corrected chi connectivity index (χ3v) is 22.5. The van der Waals surface area contributed by atoms with Crippen molar-refractivity contribution >= 4 is 35.8 Å². The van der Waals surface area contributed by atoms with Crippen molar-refractivity contribution in [2.45, 2.75) is 240 Å². The van der Waals surface area contributed by atoms with Gasteiger partial charge >= 0.3 is 35.8 Å². The second-order valence-electron chi connectivity index (χ2n) is 26.9. The zero-order chi connectivity index (χ0) is 50.5. The number of carbonyl (C=O) groups is 6. The first kappa shape index (κ1) is 52.7. The molecule has 2 heterocycles. The van der Waals surface area contributed by atoms with Gasteiger partial charge in [-0.05, 0) is 175 Å². The second-order valence-corrected chi connectivity index (χ2v) is 26.9. The van der Waals surface area contributed by atoms with Crippen LogP contribution >= 0.6 is 0 Å². The number of ether oxygens (including phenoxy) is 6. The fourth-order valence-corrected chi connectivity index (χ4v) is 19.3. The first-order valence-corrected chi connectivity index (χ1v) is 28.8. The molecule has 0 amide bonds. The van der Waals surface area contributed by atoms with Gasteiger partial charge in [0, 0.05) is 36.5 Å². The van der Waals surface area contributed by atoms with Gasteiger partial charge in [-0.15, -0.1) is 0 Å². The summed E-state index contributed by atoms with van der Waals surface area (Å²) in [5.41, 5.74) is -1.06. The monoisotopic (exact) mass is 991 g/mol. The van der Waals surface area contributed by atoms with E-state index in [0.717, 1.165) is 154 Å². The summed E-state index contributed by atoms with van der Waals surface area (Å²) in [6, 6.07) is 0. The normalized spacial score (nSPS) is 46.7. The first-order valence-electron chi connectivity index (χ1n) is 28.8. The molecule has 398 valence electrons. The molecule has 12 heteroatoms. The molecule has 8 aliphatic carbocycles. The average Bonchev–Trinajstić information content (AvgIpc) is 3.63. The molecule has 12 nitrogen and oxygen atoms in total. The lowest BCUT2D eigenvalue weighted by Gasteiger charge is -2.64. The van der Waals surface area contributed by atoms with E-state index in [-0.39, 0.29) is 107 Å². The lowest BCUT2D eigenvalue weighted by atomic mass is 9.40. The Morgan fingerprint density at radius 1 is 0.380 bits per heavy atom. The minimum Gasteiger partial charge on any atom is -0.465 e. The van der Waals surface area contributed by atoms with Crippen molar-refractivity contribution in [2.75, 3.05) is 26.4 Å². The third kappa shape index (κ3) is 9.74. The van der Waals surface area contributed by atoms with Crippen LogP contribution in [0, 0.1) is 67.0 Å². The molecule has 71 heavy (non-hydrogen) atoms. The summed E-state index contributed by atoms with van der Waals surface area (Å²) in [6.45, 7) is 14.1. The van der Waals surface area contributed by atoms with Crippen molar-refractivity contribution in [3.8, 4) is 0 Å². The number of rotatable bonds is 0. The minimum absolute atomic E-state index is 0.0149. The van der Waals surface area contributed by atoms with E-state index in [0.29, 0.717) is 37.5 Å². The van der Waals surface area contributed by atoms with Gasteiger partial charge in [-0.2, -0.15) is 0 Å². The molecule has 0 N–H and O–H groups in total. The molecule has 0 aromatic rings. The molecule has 10 fully saturated rings. The molecule has 8 saturated carbocycles. The van der Waals surface area contributed by atoms with Crippen LogP contribution < -0.4 is 0 Å². The Morgan fingerprint density at radius 3 is 1.18 bits per heavy atom. The van der Waals surface area contributed by atoms with Crippen LogP contribution in [0.3, 0.4) is 0 Å². The number of hydrogen-bond donors (Lipinski definition) is 0. The molecule has 0 unspecified atom stereocenters. The number of esters is 6. The molecule has 10 bridgehead atoms. The number of hydrogen-bond acceptors (Lipinski definition) is 12. The van der Waals surface area contributed by atoms with Crippen LogP contribution in [0.1, 0.15) is 228 Å². The van der Waals surface area contributed by atoms with Crippen LogP contribution in [-0.2, 0) is 57.2 Å². The Balaban J connectivity index is 0.819. The summed E-state index contributed by atoms with van der Waals surface area (Å²) in [6.07, 6.45) is 24.5. The molecule has 14 atom stereocenters. The third-order valence-electron chi connectivity index (χ3n) is 22.5. The lowest BCUT2D eigenvalue weighted by molar-refractivity contribution is -0.188. The molecule has 2 saturated heterocycles. The van der Waals surface area contributed by atoms with Crippen molar-refractivity contribution in [1.29, 1.82) is 0 Å². The summed E-state index contributed by atoms with van der Waals surface area (Å²) < 4.78 is 35.5. The Morgan fingerprint density at radius 2 is 0.761 bits per heavy atom. The lowest BCUT2D eigenvalue weighted by Crippen LogP contribution is -2.58. The van der Waals surface area contributed by atoms with E-state index in [9.17, 15) is 28.8 Å². The zero-order valence-corrected chi connectivity index (χ0v) is 44.7. The van der Waals surface area contributed by atoms with E-state index in [1.165, 1.54) is 0 Å². The van der Waals surface area contributed by atoms with Gasteiger partial charge in [0.1, 0.15) is 18.6 Å². The van der Waals surface area contributed by atoms with Gasteiger partial charge in [0.2, 0.25) is 0 Å². The molecule has 0 aromatic carbocycles. The van der Waals surface area contributed by atoms with Crippen molar-refractivity contribution in [2.24, 2.45) is 67.0 Å². The van der Waals surface area contributed by atoms with Crippen LogP contribution in [0.15, 0.2) is 0 Å². The van der Waals surface area contributed by atoms with Gasteiger partial charge in [0.05, 0.1) is 37.3 Å². The summed E-state index contributed by atoms with van der Waals surface area (Å²) in [5, 5.41) is 0. The molecule has 0 aromatic heterocycles. The van der Waals surface area contributed by atoms with Crippen LogP contribution in [0.25, 0.3) is 0 Å². The van der Waals surface area contributed by atoms with Gasteiger partial charge in [0.25, 0.3) is 0 Å². The van der Waals surface area contributed by atoms with Crippen LogP contribution in [0.2, 0.25) is 0 Å². The molecule has 10 rings (SSSR count). The quantitative estimate of drug-likeness (QED) is 0.129. The Bertz CT molecular complexity index is 1900. The van der Waals surface area contributed by atoms with Crippen molar-refractivity contribution in [1.82, 2.24) is 0 Å². The Kier molecular flexibility index (Phi) is 15.0. The summed E-state index contributed by atoms with van der Waals surface area (Å²) in [4.78, 5) is 80.1. The van der Waals surface area contributed by atoms with Gasteiger partial charge in [0.15, 0.2) is 0 Å². The maximum absolute atomic E-state index is 14.0. The van der Waals surface area contributed by atoms with E-state index >= 15 is 0 Å². The molecule has 0 radical (unpaired) electrons. The van der Waals surface area contributed by atoms with E-state index < -0.39 is 29.2 Å². The summed E-state index contributed by atoms with van der Waals surface area (Å²) >= 11 is 0. The Labute approximate surface area is 425 Å². The first-order chi connectivity index (χ1) is 33.7. The summed E-state index contributed by atoms with van der Waals surface area (Å²) in [7, 11) is 0. The highest BCUT2D eigenvalue weighted by molar-refractivity contribution is 5.91. The van der Waals surface area contributed by atoms with Crippen molar-refractivity contribution < 1.29 is 57.2 Å². The van der Waals surface area contributed by atoms with Gasteiger partial charge in [-0.25, -0.2) is 0 Å². The molecule has 2 aliphatic heterocycles. The molecule has 2 spiro atoms. The van der Waals surface area contributed by atoms with Crippen molar-refractivity contribution in [3.05, 3.63) is 0 Å². The topological polar surface area (TPSA) is 158 Å². The molecular formula is C59H90O12. The van der Waals surface area contributed by atoms with Crippen LogP contribution in [0.4, 0.5) is 0 Å². The maximum atomic E-state index is 14.0. The predicted octanol–water partition coefficient (Wildman–Crippen LogP) is 11.9. The zero-order valence-electron chi connectivity index (χ0n) is 44.7. The molecular weight excluding hydrogens is 901 g/mol. The standard InChI is InChI=1S/C59H90O12/c1-52-27-19-42-54(3)23-13-25-56(5)40(54)21-29-58(42,38-52)36-44(52)70-46(60)17-11-9-7-8-10-12-18-47(61)71-45-37-59-30-22-41-55(4,43(59)20-28-53(45,2)39-59)24-14-26-57(41,6)51(65)69-34-16-32-67-49(63)35-48(62)66-31-15-33-68-50(56)64/h40-45H,7-39H2,1-6H3/t40-,41+,42-,43+,44+,45-,52-,53+,54+,55-,56+,57-,58-,59+. The van der Waals surface area contributed by atoms with Gasteiger partial charge in [-0.3, -0.25) is 28.8 Å². The number of fused-ring (bicyclic) bond motifs is 29. The second kappa shape index (κ2) is 20.2. The van der Waals surface area contributed by atoms with E-state index in [1.807, 2.05) is 0 Å². The number of carbonyl (C=O) groups excluding carboxylic acids is 6. The molecule has 10 aliphatic rings. The average molecular weight is 991 g/mol.